The van der Waals surface area contributed by atoms with Crippen molar-refractivity contribution in [3.8, 4) is 0 Å². The average Bonchev–Trinajstić information content (AvgIpc) is 3.17. The number of aliphatic carboxylic acids is 1. The molecule has 1 aliphatic carbocycles. The van der Waals surface area contributed by atoms with Crippen LogP contribution in [0.2, 0.25) is 0 Å². The second-order valence-electron chi connectivity index (χ2n) is 9.91. The highest BCUT2D eigenvalue weighted by atomic mass is 16.8. The largest absolute Gasteiger partial charge is 0.478 e. The number of carboxylic acid groups (broad SMARTS) is 1. The molecule has 15 atom stereocenters. The van der Waals surface area contributed by atoms with Crippen molar-refractivity contribution in [2.24, 2.45) is 17.8 Å². The fourth-order valence-corrected chi connectivity index (χ4v) is 5.37. The van der Waals surface area contributed by atoms with Crippen molar-refractivity contribution in [3.63, 3.8) is 0 Å². The standard InChI is InChI=1S/C22H34O15/c1-6-9(24)2-7-8(19(31)32)4-33-20(12(6)7)37-22-18(30)16(28)14(26)11(36-22)5-34-21-17(29)15(27)13(25)10(3-23)35-21/h4,6-7,9-18,20-30H,2-3,5H2,1H3,(H,31,32)/t6-,7+,9-,10+,11+,12+,13+,14+,15-,16-,17+,18+,20-,21+,22-/m0/s1. The fraction of sp³-hybridized carbons (Fsp3) is 0.864. The molecule has 4 rings (SSSR count). The van der Waals surface area contributed by atoms with Gasteiger partial charge in [-0.15, -0.1) is 0 Å². The van der Waals surface area contributed by atoms with Gasteiger partial charge in [0.2, 0.25) is 6.29 Å². The van der Waals surface area contributed by atoms with E-state index in [4.69, 9.17) is 23.7 Å². The molecule has 3 fully saturated rings. The first-order valence-corrected chi connectivity index (χ1v) is 12.0. The minimum absolute atomic E-state index is 0.0281. The van der Waals surface area contributed by atoms with Gasteiger partial charge < -0.3 is 69.6 Å². The number of hydrogen-bond donors (Lipinski definition) is 9. The molecule has 0 amide bonds. The maximum absolute atomic E-state index is 11.6. The Morgan fingerprint density at radius 2 is 1.49 bits per heavy atom. The van der Waals surface area contributed by atoms with Crippen LogP contribution in [0.4, 0.5) is 0 Å². The average molecular weight is 538 g/mol. The van der Waals surface area contributed by atoms with E-state index in [0.717, 1.165) is 6.26 Å². The van der Waals surface area contributed by atoms with Crippen LogP contribution in [-0.2, 0) is 28.5 Å². The lowest BCUT2D eigenvalue weighted by atomic mass is 9.83. The Kier molecular flexibility index (Phi) is 8.74. The molecule has 3 heterocycles. The number of ether oxygens (including phenoxy) is 5. The topological polar surface area (TPSA) is 245 Å². The predicted molar refractivity (Wildman–Crippen MR) is 115 cm³/mol. The molecule has 37 heavy (non-hydrogen) atoms. The zero-order valence-corrected chi connectivity index (χ0v) is 19.8. The van der Waals surface area contributed by atoms with Crippen LogP contribution < -0.4 is 0 Å². The third-order valence-electron chi connectivity index (χ3n) is 7.67. The number of fused-ring (bicyclic) bond motifs is 1. The molecule has 0 radical (unpaired) electrons. The number of carboxylic acids is 1. The van der Waals surface area contributed by atoms with E-state index < -0.39 is 111 Å². The van der Waals surface area contributed by atoms with E-state index in [0.29, 0.717) is 0 Å². The van der Waals surface area contributed by atoms with E-state index in [-0.39, 0.29) is 12.0 Å². The molecular formula is C22H34O15. The smallest absolute Gasteiger partial charge is 0.334 e. The minimum Gasteiger partial charge on any atom is -0.478 e. The van der Waals surface area contributed by atoms with Crippen molar-refractivity contribution in [1.82, 2.24) is 0 Å². The predicted octanol–water partition coefficient (Wildman–Crippen LogP) is -4.41. The Morgan fingerprint density at radius 1 is 0.892 bits per heavy atom. The van der Waals surface area contributed by atoms with E-state index >= 15 is 0 Å². The lowest BCUT2D eigenvalue weighted by molar-refractivity contribution is -0.354. The van der Waals surface area contributed by atoms with E-state index in [2.05, 4.69) is 0 Å². The molecule has 212 valence electrons. The number of carbonyl (C=O) groups is 1. The SMILES string of the molecule is C[C@@H]1[C@H]2[C@H](O[C@@H]3O[C@H](CO[C@@H]4O[C@H](CO)[C@@H](O)[C@H](O)[C@H]4O)[C@@H](O)[C@H](O)[C@H]3O)OC=C(C(=O)O)[C@H]2C[C@@H]1O. The second-order valence-corrected chi connectivity index (χ2v) is 9.91. The van der Waals surface area contributed by atoms with Gasteiger partial charge in [0.25, 0.3) is 0 Å². The van der Waals surface area contributed by atoms with Gasteiger partial charge in [0.15, 0.2) is 12.6 Å². The van der Waals surface area contributed by atoms with Gasteiger partial charge in [0.05, 0.1) is 31.2 Å². The van der Waals surface area contributed by atoms with Crippen LogP contribution in [0.25, 0.3) is 0 Å². The molecule has 0 aromatic rings. The summed E-state index contributed by atoms with van der Waals surface area (Å²) in [4.78, 5) is 11.6. The quantitative estimate of drug-likeness (QED) is 0.148. The van der Waals surface area contributed by atoms with E-state index in [1.807, 2.05) is 0 Å². The molecule has 9 N–H and O–H groups in total. The van der Waals surface area contributed by atoms with Gasteiger partial charge in [0, 0.05) is 11.8 Å². The number of aliphatic hydroxyl groups excluding tert-OH is 8. The first-order valence-electron chi connectivity index (χ1n) is 12.0. The summed E-state index contributed by atoms with van der Waals surface area (Å²) < 4.78 is 27.5. The normalized spacial score (nSPS) is 50.2. The molecule has 0 aromatic heterocycles. The highest BCUT2D eigenvalue weighted by molar-refractivity contribution is 5.87. The number of aliphatic hydroxyl groups is 8. The third-order valence-corrected chi connectivity index (χ3v) is 7.67. The maximum atomic E-state index is 11.6. The zero-order chi connectivity index (χ0) is 27.2. The van der Waals surface area contributed by atoms with E-state index in [9.17, 15) is 50.8 Å². The van der Waals surface area contributed by atoms with Gasteiger partial charge in [-0.2, -0.15) is 0 Å². The van der Waals surface area contributed by atoms with E-state index in [1.54, 1.807) is 6.92 Å². The van der Waals surface area contributed by atoms with Crippen LogP contribution in [0.5, 0.6) is 0 Å². The van der Waals surface area contributed by atoms with Crippen molar-refractivity contribution in [3.05, 3.63) is 11.8 Å². The molecule has 0 spiro atoms. The molecular weight excluding hydrogens is 504 g/mol. The first kappa shape index (κ1) is 28.5. The molecule has 4 aliphatic rings. The molecule has 0 aromatic carbocycles. The highest BCUT2D eigenvalue weighted by Gasteiger charge is 2.53. The summed E-state index contributed by atoms with van der Waals surface area (Å²) in [6.07, 6.45) is -16.7. The molecule has 2 saturated heterocycles. The van der Waals surface area contributed by atoms with Gasteiger partial charge >= 0.3 is 5.97 Å². The van der Waals surface area contributed by atoms with Gasteiger partial charge in [-0.25, -0.2) is 4.79 Å². The summed E-state index contributed by atoms with van der Waals surface area (Å²) in [5, 5.41) is 90.3. The van der Waals surface area contributed by atoms with Crippen LogP contribution in [-0.4, -0.2) is 139 Å². The number of hydrogen-bond acceptors (Lipinski definition) is 14. The van der Waals surface area contributed by atoms with Crippen molar-refractivity contribution in [1.29, 1.82) is 0 Å². The van der Waals surface area contributed by atoms with Crippen LogP contribution in [0.1, 0.15) is 13.3 Å². The number of rotatable bonds is 7. The lowest BCUT2D eigenvalue weighted by Gasteiger charge is -2.44. The summed E-state index contributed by atoms with van der Waals surface area (Å²) in [5.41, 5.74) is -0.0281. The van der Waals surface area contributed by atoms with Gasteiger partial charge in [-0.1, -0.05) is 6.92 Å². The van der Waals surface area contributed by atoms with E-state index in [1.165, 1.54) is 0 Å². The van der Waals surface area contributed by atoms with Gasteiger partial charge in [-0.05, 0) is 12.3 Å². The van der Waals surface area contributed by atoms with Crippen LogP contribution in [0.3, 0.4) is 0 Å². The molecule has 1 saturated carbocycles. The van der Waals surface area contributed by atoms with Gasteiger partial charge in [-0.3, -0.25) is 0 Å². The van der Waals surface area contributed by atoms with Crippen molar-refractivity contribution >= 4 is 5.97 Å². The summed E-state index contributed by atoms with van der Waals surface area (Å²) in [5.74, 6) is -2.84. The maximum Gasteiger partial charge on any atom is 0.334 e. The molecule has 3 aliphatic heterocycles. The third kappa shape index (κ3) is 5.36. The highest BCUT2D eigenvalue weighted by Crippen LogP contribution is 2.47. The minimum atomic E-state index is -1.77. The van der Waals surface area contributed by atoms with Crippen molar-refractivity contribution < 1.29 is 74.4 Å². The van der Waals surface area contributed by atoms with Crippen LogP contribution >= 0.6 is 0 Å². The van der Waals surface area contributed by atoms with Crippen molar-refractivity contribution in [2.45, 2.75) is 87.2 Å². The Balaban J connectivity index is 1.44. The Bertz CT molecular complexity index is 837. The van der Waals surface area contributed by atoms with Crippen LogP contribution in [0, 0.1) is 17.8 Å². The summed E-state index contributed by atoms with van der Waals surface area (Å²) in [7, 11) is 0. The monoisotopic (exact) mass is 538 g/mol. The Hall–Kier alpha value is -1.47. The Morgan fingerprint density at radius 3 is 2.11 bits per heavy atom. The van der Waals surface area contributed by atoms with Gasteiger partial charge in [0.1, 0.15) is 48.8 Å². The lowest BCUT2D eigenvalue weighted by Crippen LogP contribution is -2.62. The summed E-state index contributed by atoms with van der Waals surface area (Å²) in [6, 6.07) is 0. The Labute approximate surface area is 211 Å². The molecule has 0 bridgehead atoms. The first-order chi connectivity index (χ1) is 17.5. The zero-order valence-electron chi connectivity index (χ0n) is 19.8. The van der Waals surface area contributed by atoms with Crippen LogP contribution in [0.15, 0.2) is 11.8 Å². The van der Waals surface area contributed by atoms with Crippen molar-refractivity contribution in [2.75, 3.05) is 13.2 Å². The summed E-state index contributed by atoms with van der Waals surface area (Å²) >= 11 is 0. The molecule has 0 unspecified atom stereocenters. The summed E-state index contributed by atoms with van der Waals surface area (Å²) in [6.45, 7) is 0.486. The fourth-order valence-electron chi connectivity index (χ4n) is 5.37. The second kappa shape index (κ2) is 11.3. The molecule has 15 nitrogen and oxygen atoms in total. The molecule has 15 heteroatoms.